The van der Waals surface area contributed by atoms with Gasteiger partial charge >= 0.3 is 0 Å². The second-order valence-electron chi connectivity index (χ2n) is 4.44. The van der Waals surface area contributed by atoms with Gasteiger partial charge in [-0.15, -0.1) is 0 Å². The van der Waals surface area contributed by atoms with Crippen LogP contribution < -0.4 is 5.73 Å². The van der Waals surface area contributed by atoms with Crippen LogP contribution in [0.5, 0.6) is 0 Å². The predicted octanol–water partition coefficient (Wildman–Crippen LogP) is 0.429. The lowest BCUT2D eigenvalue weighted by molar-refractivity contribution is -0.138. The lowest BCUT2D eigenvalue weighted by Crippen LogP contribution is -2.48. The molecule has 0 aromatic carbocycles. The fraction of sp³-hybridized carbons (Fsp3) is 0.600. The maximum atomic E-state index is 11.6. The molecule has 0 atom stereocenters. The summed E-state index contributed by atoms with van der Waals surface area (Å²) in [5, 5.41) is 0. The molecule has 4 nitrogen and oxygen atoms in total. The van der Waals surface area contributed by atoms with Crippen LogP contribution in [-0.4, -0.2) is 28.8 Å². The van der Waals surface area contributed by atoms with Crippen LogP contribution in [0.25, 0.3) is 0 Å². The van der Waals surface area contributed by atoms with Crippen molar-refractivity contribution in [3.05, 3.63) is 11.1 Å². The molecule has 14 heavy (non-hydrogen) atoms. The van der Waals surface area contributed by atoms with E-state index in [-0.39, 0.29) is 18.4 Å². The van der Waals surface area contributed by atoms with Crippen molar-refractivity contribution in [1.29, 1.82) is 0 Å². The minimum absolute atomic E-state index is 0.217. The van der Waals surface area contributed by atoms with E-state index < -0.39 is 5.54 Å². The average molecular weight is 196 g/mol. The predicted molar refractivity (Wildman–Crippen MR) is 53.4 cm³/mol. The van der Waals surface area contributed by atoms with E-state index in [0.29, 0.717) is 11.1 Å². The van der Waals surface area contributed by atoms with Crippen LogP contribution in [-0.2, 0) is 9.59 Å². The Bertz CT molecular complexity index is 300. The fourth-order valence-electron chi connectivity index (χ4n) is 1.37. The van der Waals surface area contributed by atoms with Gasteiger partial charge in [0.1, 0.15) is 0 Å². The van der Waals surface area contributed by atoms with Gasteiger partial charge in [-0.05, 0) is 27.7 Å². The molecule has 4 heteroatoms. The Morgan fingerprint density at radius 1 is 1.14 bits per heavy atom. The molecule has 0 aliphatic carbocycles. The largest absolute Gasteiger partial charge is 0.324 e. The fourth-order valence-corrected chi connectivity index (χ4v) is 1.37. The quantitative estimate of drug-likeness (QED) is 0.651. The summed E-state index contributed by atoms with van der Waals surface area (Å²) in [6, 6.07) is 0. The first-order valence-corrected chi connectivity index (χ1v) is 4.56. The van der Waals surface area contributed by atoms with Gasteiger partial charge in [-0.3, -0.25) is 14.5 Å². The van der Waals surface area contributed by atoms with Crippen molar-refractivity contribution >= 4 is 11.8 Å². The molecule has 0 saturated carbocycles. The number of amides is 2. The molecular formula is C10H16N2O2. The summed E-state index contributed by atoms with van der Waals surface area (Å²) in [5.74, 6) is -0.433. The standard InChI is InChI=1S/C10H16N2O2/c1-6-7(2)9(14)12(8(6)13)5-10(3,4)11/h5,11H2,1-4H3. The summed E-state index contributed by atoms with van der Waals surface area (Å²) in [5.41, 5.74) is 6.27. The number of imide groups is 1. The first kappa shape index (κ1) is 10.9. The topological polar surface area (TPSA) is 63.4 Å². The number of hydrogen-bond donors (Lipinski definition) is 1. The summed E-state index contributed by atoms with van der Waals surface area (Å²) in [4.78, 5) is 24.4. The first-order valence-electron chi connectivity index (χ1n) is 4.56. The maximum absolute atomic E-state index is 11.6. The molecule has 2 amide bonds. The molecule has 0 unspecified atom stereocenters. The van der Waals surface area contributed by atoms with E-state index in [1.54, 1.807) is 27.7 Å². The van der Waals surface area contributed by atoms with Crippen molar-refractivity contribution in [1.82, 2.24) is 4.90 Å². The number of rotatable bonds is 2. The van der Waals surface area contributed by atoms with Crippen molar-refractivity contribution in [2.45, 2.75) is 33.2 Å². The molecule has 1 rings (SSSR count). The zero-order chi connectivity index (χ0) is 11.1. The van der Waals surface area contributed by atoms with Crippen LogP contribution in [0, 0.1) is 0 Å². The van der Waals surface area contributed by atoms with E-state index in [0.717, 1.165) is 0 Å². The molecule has 2 N–H and O–H groups in total. The highest BCUT2D eigenvalue weighted by Crippen LogP contribution is 2.20. The SMILES string of the molecule is CC1=C(C)C(=O)N(CC(C)(C)N)C1=O. The molecule has 0 spiro atoms. The number of carbonyl (C=O) groups is 2. The van der Waals surface area contributed by atoms with Crippen LogP contribution >= 0.6 is 0 Å². The van der Waals surface area contributed by atoms with Crippen molar-refractivity contribution in [3.8, 4) is 0 Å². The van der Waals surface area contributed by atoms with Crippen molar-refractivity contribution in [2.24, 2.45) is 5.73 Å². The summed E-state index contributed by atoms with van der Waals surface area (Å²) >= 11 is 0. The molecule has 0 aromatic heterocycles. The van der Waals surface area contributed by atoms with Gasteiger partial charge in [0.25, 0.3) is 11.8 Å². The maximum Gasteiger partial charge on any atom is 0.256 e. The molecule has 0 radical (unpaired) electrons. The van der Waals surface area contributed by atoms with Crippen molar-refractivity contribution in [2.75, 3.05) is 6.54 Å². The first-order chi connectivity index (χ1) is 6.24. The van der Waals surface area contributed by atoms with E-state index >= 15 is 0 Å². The van der Waals surface area contributed by atoms with Crippen LogP contribution in [0.4, 0.5) is 0 Å². The average Bonchev–Trinajstić information content (AvgIpc) is 2.20. The summed E-state index contributed by atoms with van der Waals surface area (Å²) in [6.07, 6.45) is 0. The summed E-state index contributed by atoms with van der Waals surface area (Å²) in [6.45, 7) is 7.17. The molecular weight excluding hydrogens is 180 g/mol. The molecule has 1 heterocycles. The Labute approximate surface area is 83.8 Å². The normalized spacial score (nSPS) is 18.5. The third kappa shape index (κ3) is 1.85. The highest BCUT2D eigenvalue weighted by atomic mass is 16.2. The van der Waals surface area contributed by atoms with Gasteiger partial charge in [0.05, 0.1) is 0 Å². The molecule has 0 saturated heterocycles. The van der Waals surface area contributed by atoms with Gasteiger partial charge in [-0.2, -0.15) is 0 Å². The van der Waals surface area contributed by atoms with Crippen LogP contribution in [0.1, 0.15) is 27.7 Å². The van der Waals surface area contributed by atoms with Gasteiger partial charge in [-0.25, -0.2) is 0 Å². The lowest BCUT2D eigenvalue weighted by atomic mass is 10.1. The molecule has 78 valence electrons. The van der Waals surface area contributed by atoms with Crippen LogP contribution in [0.2, 0.25) is 0 Å². The third-order valence-electron chi connectivity index (χ3n) is 2.26. The third-order valence-corrected chi connectivity index (χ3v) is 2.26. The van der Waals surface area contributed by atoms with E-state index in [4.69, 9.17) is 5.73 Å². The number of carbonyl (C=O) groups excluding carboxylic acids is 2. The number of nitrogens with two attached hydrogens (primary N) is 1. The lowest BCUT2D eigenvalue weighted by Gasteiger charge is -2.25. The number of hydrogen-bond acceptors (Lipinski definition) is 3. The Hall–Kier alpha value is -1.16. The van der Waals surface area contributed by atoms with Gasteiger partial charge < -0.3 is 5.73 Å². The monoisotopic (exact) mass is 196 g/mol. The van der Waals surface area contributed by atoms with E-state index in [9.17, 15) is 9.59 Å². The van der Waals surface area contributed by atoms with Crippen molar-refractivity contribution in [3.63, 3.8) is 0 Å². The molecule has 0 fully saturated rings. The van der Waals surface area contributed by atoms with E-state index in [1.165, 1.54) is 4.90 Å². The Balaban J connectivity index is 2.88. The molecule has 1 aliphatic rings. The number of nitrogens with zero attached hydrogens (tertiary/aromatic N) is 1. The summed E-state index contributed by atoms with van der Waals surface area (Å²) < 4.78 is 0. The summed E-state index contributed by atoms with van der Waals surface area (Å²) in [7, 11) is 0. The second kappa shape index (κ2) is 3.20. The molecule has 0 bridgehead atoms. The van der Waals surface area contributed by atoms with Crippen LogP contribution in [0.3, 0.4) is 0 Å². The van der Waals surface area contributed by atoms with Gasteiger partial charge in [0.2, 0.25) is 0 Å². The van der Waals surface area contributed by atoms with E-state index in [2.05, 4.69) is 0 Å². The van der Waals surface area contributed by atoms with Gasteiger partial charge in [0, 0.05) is 23.2 Å². The molecule has 0 aromatic rings. The Kier molecular flexibility index (Phi) is 2.50. The minimum Gasteiger partial charge on any atom is -0.324 e. The zero-order valence-corrected chi connectivity index (χ0v) is 9.05. The Morgan fingerprint density at radius 2 is 1.50 bits per heavy atom. The van der Waals surface area contributed by atoms with Crippen LogP contribution in [0.15, 0.2) is 11.1 Å². The van der Waals surface area contributed by atoms with Gasteiger partial charge in [-0.1, -0.05) is 0 Å². The highest BCUT2D eigenvalue weighted by Gasteiger charge is 2.35. The smallest absolute Gasteiger partial charge is 0.256 e. The van der Waals surface area contributed by atoms with Crippen molar-refractivity contribution < 1.29 is 9.59 Å². The van der Waals surface area contributed by atoms with Gasteiger partial charge in [0.15, 0.2) is 0 Å². The highest BCUT2D eigenvalue weighted by molar-refractivity contribution is 6.18. The second-order valence-corrected chi connectivity index (χ2v) is 4.44. The Morgan fingerprint density at radius 3 is 1.79 bits per heavy atom. The minimum atomic E-state index is -0.545. The zero-order valence-electron chi connectivity index (χ0n) is 9.05. The molecule has 1 aliphatic heterocycles. The van der Waals surface area contributed by atoms with E-state index in [1.807, 2.05) is 0 Å².